The van der Waals surface area contributed by atoms with Gasteiger partial charge in [0, 0.05) is 0 Å². The van der Waals surface area contributed by atoms with Gasteiger partial charge in [-0.3, -0.25) is 4.84 Å². The fraction of sp³-hybridized carbons (Fsp3) is 0.600. The summed E-state index contributed by atoms with van der Waals surface area (Å²) >= 11 is 0. The van der Waals surface area contributed by atoms with Crippen LogP contribution in [-0.2, 0) is 11.4 Å². The molecule has 1 aromatic carbocycles. The molecule has 0 aromatic heterocycles. The van der Waals surface area contributed by atoms with Gasteiger partial charge >= 0.3 is 0 Å². The van der Waals surface area contributed by atoms with Crippen molar-refractivity contribution >= 4 is 0 Å². The lowest BCUT2D eigenvalue weighted by Crippen LogP contribution is -2.48. The quantitative estimate of drug-likeness (QED) is 0.872. The fourth-order valence-corrected chi connectivity index (χ4v) is 3.12. The molecular formula is C15H21NO2. The van der Waals surface area contributed by atoms with E-state index in [1.807, 2.05) is 18.2 Å². The molecule has 1 N–H and O–H groups in total. The molecule has 1 aromatic rings. The molecule has 0 bridgehead atoms. The number of benzene rings is 1. The average molecular weight is 247 g/mol. The number of hydrogen-bond donors (Lipinski definition) is 1. The second-order valence-electron chi connectivity index (χ2n) is 5.47. The van der Waals surface area contributed by atoms with Gasteiger partial charge in [-0.2, -0.15) is 5.06 Å². The summed E-state index contributed by atoms with van der Waals surface area (Å²) in [5, 5.41) is 11.9. The van der Waals surface area contributed by atoms with Crippen LogP contribution >= 0.6 is 0 Å². The van der Waals surface area contributed by atoms with E-state index in [0.717, 1.165) is 12.8 Å². The lowest BCUT2D eigenvalue weighted by molar-refractivity contribution is -0.319. The molecule has 1 aliphatic heterocycles. The lowest BCUT2D eigenvalue weighted by atomic mass is 9.83. The first-order chi connectivity index (χ1) is 8.83. The molecule has 3 nitrogen and oxygen atoms in total. The summed E-state index contributed by atoms with van der Waals surface area (Å²) in [6.45, 7) is 0.672. The molecule has 18 heavy (non-hydrogen) atoms. The van der Waals surface area contributed by atoms with Gasteiger partial charge in [0.05, 0.1) is 12.6 Å². The maximum atomic E-state index is 10.2. The predicted molar refractivity (Wildman–Crippen MR) is 69.4 cm³/mol. The molecule has 1 aliphatic carbocycles. The van der Waals surface area contributed by atoms with Crippen molar-refractivity contribution in [2.24, 2.45) is 5.92 Å². The number of rotatable bonds is 2. The van der Waals surface area contributed by atoms with E-state index < -0.39 is 6.23 Å². The van der Waals surface area contributed by atoms with Crippen molar-refractivity contribution in [3.05, 3.63) is 35.9 Å². The van der Waals surface area contributed by atoms with Crippen molar-refractivity contribution in [1.29, 1.82) is 0 Å². The van der Waals surface area contributed by atoms with Crippen molar-refractivity contribution < 1.29 is 9.94 Å². The van der Waals surface area contributed by atoms with E-state index in [-0.39, 0.29) is 0 Å². The third kappa shape index (κ3) is 2.58. The van der Waals surface area contributed by atoms with Gasteiger partial charge in [0.15, 0.2) is 0 Å². The Balaban J connectivity index is 1.65. The molecule has 0 radical (unpaired) electrons. The standard InChI is InChI=1S/C15H21NO2/c17-15-10-13-8-4-5-9-14(13)18-16(15)11-12-6-2-1-3-7-12/h1-3,6-7,13-15,17H,4-5,8-11H2. The van der Waals surface area contributed by atoms with E-state index in [1.165, 1.54) is 24.8 Å². The van der Waals surface area contributed by atoms with Crippen LogP contribution in [0, 0.1) is 5.92 Å². The Bertz CT molecular complexity index is 381. The predicted octanol–water partition coefficient (Wildman–Crippen LogP) is 2.70. The maximum absolute atomic E-state index is 10.2. The zero-order chi connectivity index (χ0) is 12.4. The number of fused-ring (bicyclic) bond motifs is 1. The SMILES string of the molecule is OC1CC2CCCCC2ON1Cc1ccccc1. The number of hydroxylamine groups is 2. The fourth-order valence-electron chi connectivity index (χ4n) is 3.12. The highest BCUT2D eigenvalue weighted by molar-refractivity contribution is 5.14. The molecule has 98 valence electrons. The molecule has 1 saturated heterocycles. The van der Waals surface area contributed by atoms with Gasteiger partial charge in [-0.25, -0.2) is 0 Å². The third-order valence-corrected chi connectivity index (χ3v) is 4.14. The smallest absolute Gasteiger partial charge is 0.130 e. The van der Waals surface area contributed by atoms with Crippen molar-refractivity contribution in [1.82, 2.24) is 5.06 Å². The second kappa shape index (κ2) is 5.39. The highest BCUT2D eigenvalue weighted by Gasteiger charge is 2.37. The van der Waals surface area contributed by atoms with E-state index in [1.54, 1.807) is 5.06 Å². The summed E-state index contributed by atoms with van der Waals surface area (Å²) in [4.78, 5) is 5.99. The van der Waals surface area contributed by atoms with Crippen molar-refractivity contribution in [3.63, 3.8) is 0 Å². The molecule has 0 amide bonds. The minimum atomic E-state index is -0.454. The van der Waals surface area contributed by atoms with E-state index in [9.17, 15) is 5.11 Å². The maximum Gasteiger partial charge on any atom is 0.130 e. The van der Waals surface area contributed by atoms with Gasteiger partial charge in [-0.15, -0.1) is 0 Å². The highest BCUT2D eigenvalue weighted by Crippen LogP contribution is 2.35. The monoisotopic (exact) mass is 247 g/mol. The third-order valence-electron chi connectivity index (χ3n) is 4.14. The Morgan fingerprint density at radius 1 is 1.17 bits per heavy atom. The average Bonchev–Trinajstić information content (AvgIpc) is 2.41. The van der Waals surface area contributed by atoms with E-state index in [4.69, 9.17) is 4.84 Å². The number of aliphatic hydroxyl groups excluding tert-OH is 1. The number of hydrogen-bond acceptors (Lipinski definition) is 3. The van der Waals surface area contributed by atoms with E-state index in [0.29, 0.717) is 18.6 Å². The van der Waals surface area contributed by atoms with E-state index in [2.05, 4.69) is 12.1 Å². The largest absolute Gasteiger partial charge is 0.376 e. The van der Waals surface area contributed by atoms with Gasteiger partial charge in [0.25, 0.3) is 0 Å². The van der Waals surface area contributed by atoms with Crippen LogP contribution in [0.2, 0.25) is 0 Å². The van der Waals surface area contributed by atoms with Gasteiger partial charge in [-0.05, 0) is 30.7 Å². The van der Waals surface area contributed by atoms with Crippen LogP contribution in [0.15, 0.2) is 30.3 Å². The Morgan fingerprint density at radius 3 is 2.78 bits per heavy atom. The second-order valence-corrected chi connectivity index (χ2v) is 5.47. The normalized spacial score (nSPS) is 33.1. The zero-order valence-electron chi connectivity index (χ0n) is 10.7. The van der Waals surface area contributed by atoms with Gasteiger partial charge in [-0.1, -0.05) is 43.2 Å². The molecule has 1 heterocycles. The lowest BCUT2D eigenvalue weighted by Gasteiger charge is -2.43. The molecule has 3 unspecified atom stereocenters. The molecule has 0 spiro atoms. The summed E-state index contributed by atoms with van der Waals surface area (Å²) in [5.74, 6) is 0.556. The summed E-state index contributed by atoms with van der Waals surface area (Å²) in [5.41, 5.74) is 1.19. The molecule has 1 saturated carbocycles. The minimum absolute atomic E-state index is 0.325. The molecule has 2 aliphatic rings. The van der Waals surface area contributed by atoms with Crippen LogP contribution in [-0.4, -0.2) is 22.5 Å². The first kappa shape index (κ1) is 12.2. The van der Waals surface area contributed by atoms with E-state index >= 15 is 0 Å². The van der Waals surface area contributed by atoms with Crippen molar-refractivity contribution in [3.8, 4) is 0 Å². The van der Waals surface area contributed by atoms with Gasteiger partial charge in [0.2, 0.25) is 0 Å². The summed E-state index contributed by atoms with van der Waals surface area (Å²) in [6, 6.07) is 10.2. The molecule has 2 fully saturated rings. The van der Waals surface area contributed by atoms with Crippen LogP contribution in [0.25, 0.3) is 0 Å². The number of nitrogens with zero attached hydrogens (tertiary/aromatic N) is 1. The van der Waals surface area contributed by atoms with Crippen LogP contribution in [0.1, 0.15) is 37.7 Å². The van der Waals surface area contributed by atoms with Crippen LogP contribution in [0.3, 0.4) is 0 Å². The van der Waals surface area contributed by atoms with Gasteiger partial charge < -0.3 is 5.11 Å². The Hall–Kier alpha value is -0.900. The Labute approximate surface area is 108 Å². The highest BCUT2D eigenvalue weighted by atomic mass is 16.7. The van der Waals surface area contributed by atoms with Gasteiger partial charge in [0.1, 0.15) is 6.23 Å². The first-order valence-corrected chi connectivity index (χ1v) is 6.98. The number of aliphatic hydroxyl groups is 1. The van der Waals surface area contributed by atoms with Crippen molar-refractivity contribution in [2.45, 2.75) is 51.0 Å². The molecular weight excluding hydrogens is 226 g/mol. The zero-order valence-corrected chi connectivity index (χ0v) is 10.7. The van der Waals surface area contributed by atoms with Crippen LogP contribution in [0.5, 0.6) is 0 Å². The summed E-state index contributed by atoms with van der Waals surface area (Å²) in [7, 11) is 0. The Kier molecular flexibility index (Phi) is 3.64. The van der Waals surface area contributed by atoms with Crippen LogP contribution in [0.4, 0.5) is 0 Å². The molecule has 3 rings (SSSR count). The molecule has 3 heteroatoms. The first-order valence-electron chi connectivity index (χ1n) is 6.98. The van der Waals surface area contributed by atoms with Crippen molar-refractivity contribution in [2.75, 3.05) is 0 Å². The molecule has 3 atom stereocenters. The van der Waals surface area contributed by atoms with Crippen LogP contribution < -0.4 is 0 Å². The summed E-state index contributed by atoms with van der Waals surface area (Å²) < 4.78 is 0. The Morgan fingerprint density at radius 2 is 1.94 bits per heavy atom. The topological polar surface area (TPSA) is 32.7 Å². The summed E-state index contributed by atoms with van der Waals surface area (Å²) in [6.07, 6.45) is 5.63. The minimum Gasteiger partial charge on any atom is -0.376 e.